The Morgan fingerprint density at radius 3 is 2.48 bits per heavy atom. The molecule has 1 aliphatic carbocycles. The van der Waals surface area contributed by atoms with Crippen molar-refractivity contribution in [2.45, 2.75) is 38.5 Å². The van der Waals surface area contributed by atoms with Gasteiger partial charge in [-0.05, 0) is 55.7 Å². The second-order valence-corrected chi connectivity index (χ2v) is 8.21. The van der Waals surface area contributed by atoms with Gasteiger partial charge in [-0.1, -0.05) is 18.2 Å². The van der Waals surface area contributed by atoms with E-state index >= 15 is 0 Å². The van der Waals surface area contributed by atoms with Crippen LogP contribution in [-0.4, -0.2) is 39.6 Å². The van der Waals surface area contributed by atoms with Gasteiger partial charge in [0.2, 0.25) is 0 Å². The maximum absolute atomic E-state index is 13.0. The molecule has 3 aromatic rings. The molecule has 1 aliphatic rings. The Labute approximate surface area is 189 Å². The molecule has 0 spiro atoms. The molecule has 2 aromatic carbocycles. The number of hydrogen-bond donors (Lipinski definition) is 1. The van der Waals surface area contributed by atoms with Crippen LogP contribution >= 0.6 is 0 Å². The first-order valence-electron chi connectivity index (χ1n) is 10.5. The van der Waals surface area contributed by atoms with Crippen LogP contribution in [0.25, 0.3) is 5.69 Å². The third-order valence-corrected chi connectivity index (χ3v) is 5.55. The number of alkyl halides is 3. The van der Waals surface area contributed by atoms with Gasteiger partial charge in [0.1, 0.15) is 0 Å². The maximum atomic E-state index is 13.0. The van der Waals surface area contributed by atoms with E-state index in [9.17, 15) is 22.8 Å². The van der Waals surface area contributed by atoms with E-state index in [1.807, 2.05) is 0 Å². The van der Waals surface area contributed by atoms with E-state index in [0.717, 1.165) is 30.5 Å². The van der Waals surface area contributed by atoms with Crippen LogP contribution in [0.3, 0.4) is 0 Å². The van der Waals surface area contributed by atoms with Crippen LogP contribution in [0.4, 0.5) is 13.2 Å². The number of carbonyl (C=O) groups excluding carboxylic acids is 2. The molecule has 6 nitrogen and oxygen atoms in total. The van der Waals surface area contributed by atoms with E-state index < -0.39 is 11.7 Å². The molecule has 0 radical (unpaired) electrons. The van der Waals surface area contributed by atoms with Crippen LogP contribution in [-0.2, 0) is 12.7 Å². The summed E-state index contributed by atoms with van der Waals surface area (Å²) in [5.41, 5.74) is 1.60. The van der Waals surface area contributed by atoms with Gasteiger partial charge in [0.25, 0.3) is 11.8 Å². The number of aromatic nitrogens is 2. The van der Waals surface area contributed by atoms with Gasteiger partial charge in [0, 0.05) is 25.2 Å². The molecule has 172 valence electrons. The molecule has 9 heteroatoms. The number of nitrogens with zero attached hydrogens (tertiary/aromatic N) is 3. The van der Waals surface area contributed by atoms with E-state index in [2.05, 4.69) is 10.4 Å². The molecule has 0 bridgehead atoms. The summed E-state index contributed by atoms with van der Waals surface area (Å²) >= 11 is 0. The lowest BCUT2D eigenvalue weighted by molar-refractivity contribution is -0.137. The van der Waals surface area contributed by atoms with Crippen LogP contribution in [0.2, 0.25) is 0 Å². The van der Waals surface area contributed by atoms with Crippen molar-refractivity contribution in [3.05, 3.63) is 82.7 Å². The Morgan fingerprint density at radius 2 is 1.85 bits per heavy atom. The van der Waals surface area contributed by atoms with E-state index in [4.69, 9.17) is 0 Å². The Balaban J connectivity index is 1.46. The van der Waals surface area contributed by atoms with Crippen LogP contribution < -0.4 is 5.32 Å². The standard InChI is InChI=1S/C24H23F3N4O2/c1-15-21(13-28-31(15)20-5-3-4-18(12-20)24(25,26)27)23(33)30(2)14-16-6-8-17(9-7-16)22(32)29-19-10-11-19/h3-9,12-13,19H,10-11,14H2,1-2H3,(H,29,32). The number of amides is 2. The van der Waals surface area contributed by atoms with Gasteiger partial charge in [0.15, 0.2) is 0 Å². The fraction of sp³-hybridized carbons (Fsp3) is 0.292. The molecule has 33 heavy (non-hydrogen) atoms. The van der Waals surface area contributed by atoms with Crippen molar-refractivity contribution in [2.24, 2.45) is 0 Å². The summed E-state index contributed by atoms with van der Waals surface area (Å²) in [6.07, 6.45) is -1.08. The lowest BCUT2D eigenvalue weighted by Crippen LogP contribution is -2.27. The number of nitrogens with one attached hydrogen (secondary N) is 1. The highest BCUT2D eigenvalue weighted by Crippen LogP contribution is 2.30. The van der Waals surface area contributed by atoms with Crippen molar-refractivity contribution in [1.82, 2.24) is 20.0 Å². The summed E-state index contributed by atoms with van der Waals surface area (Å²) in [6, 6.07) is 12.1. The maximum Gasteiger partial charge on any atom is 0.416 e. The minimum Gasteiger partial charge on any atom is -0.349 e. The first-order chi connectivity index (χ1) is 15.6. The second-order valence-electron chi connectivity index (χ2n) is 8.21. The molecule has 0 saturated heterocycles. The minimum atomic E-state index is -4.47. The average Bonchev–Trinajstić information content (AvgIpc) is 3.51. The molecule has 1 heterocycles. The van der Waals surface area contributed by atoms with Crippen LogP contribution in [0, 0.1) is 6.92 Å². The largest absolute Gasteiger partial charge is 0.416 e. The van der Waals surface area contributed by atoms with Gasteiger partial charge in [-0.2, -0.15) is 18.3 Å². The Morgan fingerprint density at radius 1 is 1.15 bits per heavy atom. The zero-order chi connectivity index (χ0) is 23.8. The van der Waals surface area contributed by atoms with E-state index in [-0.39, 0.29) is 23.5 Å². The van der Waals surface area contributed by atoms with Gasteiger partial charge in [-0.3, -0.25) is 9.59 Å². The molecule has 0 aliphatic heterocycles. The number of halogens is 3. The molecule has 2 amide bonds. The summed E-state index contributed by atoms with van der Waals surface area (Å²) in [5, 5.41) is 7.07. The van der Waals surface area contributed by atoms with Gasteiger partial charge >= 0.3 is 6.18 Å². The van der Waals surface area contributed by atoms with Crippen molar-refractivity contribution in [3.8, 4) is 5.69 Å². The smallest absolute Gasteiger partial charge is 0.349 e. The highest BCUT2D eigenvalue weighted by molar-refractivity contribution is 5.95. The number of carbonyl (C=O) groups is 2. The van der Waals surface area contributed by atoms with Crippen LogP contribution in [0.15, 0.2) is 54.7 Å². The van der Waals surface area contributed by atoms with Gasteiger partial charge in [-0.25, -0.2) is 4.68 Å². The van der Waals surface area contributed by atoms with E-state index in [1.54, 1.807) is 38.2 Å². The highest BCUT2D eigenvalue weighted by atomic mass is 19.4. The fourth-order valence-electron chi connectivity index (χ4n) is 3.50. The minimum absolute atomic E-state index is 0.105. The molecule has 0 unspecified atom stereocenters. The number of rotatable bonds is 6. The average molecular weight is 456 g/mol. The Kier molecular flexibility index (Phi) is 5.97. The van der Waals surface area contributed by atoms with E-state index in [0.29, 0.717) is 23.4 Å². The SMILES string of the molecule is Cc1c(C(=O)N(C)Cc2ccc(C(=O)NC3CC3)cc2)cnn1-c1cccc(C(F)(F)F)c1. The normalized spacial score (nSPS) is 13.6. The number of benzene rings is 2. The molecule has 1 N–H and O–H groups in total. The lowest BCUT2D eigenvalue weighted by Gasteiger charge is -2.17. The highest BCUT2D eigenvalue weighted by Gasteiger charge is 2.31. The quantitative estimate of drug-likeness (QED) is 0.599. The third kappa shape index (κ3) is 5.08. The molecule has 4 rings (SSSR count). The second kappa shape index (κ2) is 8.73. The molecular formula is C24H23F3N4O2. The fourth-order valence-corrected chi connectivity index (χ4v) is 3.50. The van der Waals surface area contributed by atoms with Gasteiger partial charge in [0.05, 0.1) is 28.7 Å². The lowest BCUT2D eigenvalue weighted by atomic mass is 10.1. The zero-order valence-electron chi connectivity index (χ0n) is 18.2. The molecule has 1 aromatic heterocycles. The van der Waals surface area contributed by atoms with Gasteiger partial charge in [-0.15, -0.1) is 0 Å². The monoisotopic (exact) mass is 456 g/mol. The molecule has 1 fully saturated rings. The first-order valence-corrected chi connectivity index (χ1v) is 10.5. The van der Waals surface area contributed by atoms with Gasteiger partial charge < -0.3 is 10.2 Å². The summed E-state index contributed by atoms with van der Waals surface area (Å²) in [4.78, 5) is 26.6. The predicted molar refractivity (Wildman–Crippen MR) is 116 cm³/mol. The summed E-state index contributed by atoms with van der Waals surface area (Å²) < 4.78 is 40.5. The van der Waals surface area contributed by atoms with Crippen molar-refractivity contribution >= 4 is 11.8 Å². The van der Waals surface area contributed by atoms with E-state index in [1.165, 1.54) is 27.9 Å². The molecular weight excluding hydrogens is 433 g/mol. The predicted octanol–water partition coefficient (Wildman–Crippen LogP) is 4.36. The molecule has 0 atom stereocenters. The Hall–Kier alpha value is -3.62. The summed E-state index contributed by atoms with van der Waals surface area (Å²) in [5.74, 6) is -0.410. The topological polar surface area (TPSA) is 67.2 Å². The zero-order valence-corrected chi connectivity index (χ0v) is 18.2. The summed E-state index contributed by atoms with van der Waals surface area (Å²) in [7, 11) is 1.64. The summed E-state index contributed by atoms with van der Waals surface area (Å²) in [6.45, 7) is 1.94. The third-order valence-electron chi connectivity index (χ3n) is 5.55. The Bertz CT molecular complexity index is 1180. The molecule has 1 saturated carbocycles. The van der Waals surface area contributed by atoms with Crippen molar-refractivity contribution in [3.63, 3.8) is 0 Å². The van der Waals surface area contributed by atoms with Crippen molar-refractivity contribution < 1.29 is 22.8 Å². The van der Waals surface area contributed by atoms with Crippen molar-refractivity contribution in [1.29, 1.82) is 0 Å². The van der Waals surface area contributed by atoms with Crippen LogP contribution in [0.1, 0.15) is 50.4 Å². The van der Waals surface area contributed by atoms with Crippen LogP contribution in [0.5, 0.6) is 0 Å². The van der Waals surface area contributed by atoms with Crippen molar-refractivity contribution in [2.75, 3.05) is 7.05 Å². The first kappa shape index (κ1) is 22.6. The number of hydrogen-bond acceptors (Lipinski definition) is 3.